The third-order valence-electron chi connectivity index (χ3n) is 28.3. The summed E-state index contributed by atoms with van der Waals surface area (Å²) >= 11 is 0. The van der Waals surface area contributed by atoms with Gasteiger partial charge in [-0.3, -0.25) is 28.8 Å². The van der Waals surface area contributed by atoms with E-state index < -0.39 is 21.7 Å². The number of esters is 8. The van der Waals surface area contributed by atoms with Crippen LogP contribution in [-0.4, -0.2) is 96.1 Å². The third kappa shape index (κ3) is 24.2. The number of carbonyl (C=O) groups is 8. The molecule has 0 N–H and O–H groups in total. The van der Waals surface area contributed by atoms with E-state index in [0.717, 1.165) is 106 Å². The first-order valence-corrected chi connectivity index (χ1v) is 38.7. The van der Waals surface area contributed by atoms with E-state index in [4.69, 9.17) is 37.9 Å². The number of rotatable bonds is 23. The van der Waals surface area contributed by atoms with Gasteiger partial charge in [-0.05, 0) is 326 Å². The van der Waals surface area contributed by atoms with Crippen molar-refractivity contribution in [1.29, 1.82) is 0 Å². The van der Waals surface area contributed by atoms with E-state index in [1.54, 1.807) is 0 Å². The molecule has 15 rings (SSSR count). The Kier molecular flexibility index (Phi) is 44.7. The minimum absolute atomic E-state index is 0. The summed E-state index contributed by atoms with van der Waals surface area (Å²) in [5.41, 5.74) is -3.22. The van der Waals surface area contributed by atoms with Crippen molar-refractivity contribution in [2.75, 3.05) is 19.8 Å². The highest BCUT2D eigenvalue weighted by Gasteiger charge is 2.61. The normalized spacial score (nSPS) is 32.5. The Hall–Kier alpha value is -4.24. The second-order valence-corrected chi connectivity index (χ2v) is 36.0. The SMILES string of the molecule is C.C.C.C.C.C.C.C.C.C.C.C.CCC(C)(C)C(=O)OCC(=O)OC1(C)C2CC3CC(C2)CC1C3.CCC(C)(C)C(=O)OCC(=O)OC1(CC)C2CC3CC(C2)CC1C3.CCC(C)(C)C(=O)OCCC(=O)OC1(C)C2CC3CC(C2)CC1C3.CCC1(OC(=O)C2CC3CC(OC(=O)C(C)(C)CC)C2C3)CCCC1. The van der Waals surface area contributed by atoms with Crippen LogP contribution in [0.4, 0.5) is 0 Å². The molecule has 0 aromatic rings. The van der Waals surface area contributed by atoms with Crippen LogP contribution >= 0.6 is 0 Å². The molecule has 16 nitrogen and oxygen atoms in total. The van der Waals surface area contributed by atoms with E-state index in [-0.39, 0.29) is 203 Å². The van der Waals surface area contributed by atoms with Crippen molar-refractivity contribution >= 4 is 47.8 Å². The summed E-state index contributed by atoms with van der Waals surface area (Å²) in [4.78, 5) is 98.3. The second kappa shape index (κ2) is 43.9. The standard InChI is InChI=1S/C21H34O4.2C20H32O4.C19H30O4.12CH4/c1-5-20(3,4)19(23)24-17-13-14-11-15(17)16(12-14)18(22)25-21(6-2)9-7-8-10-21;1-5-19(2,3)18(22)23-7-6-17(21)24-20(4)15-9-13-8-14(11-15)12-16(20)10-13;1-5-19(3,4)18(22)23-12-17(21)24-20(6-2)15-8-13-7-14(10-15)11-16(20)9-13;1-5-18(2,3)17(21)22-11-16(20)23-19(4)14-7-12-6-13(9-14)10-15(19)8-12;;;;;;;;;;;;/h14-17H,5-13H2,1-4H3;2*13-16H,5-12H2,1-4H3;12-15H,5-11H2,1-4H3;12*1H4. The fourth-order valence-electron chi connectivity index (χ4n) is 20.6. The molecule has 15 fully saturated rings. The van der Waals surface area contributed by atoms with Crippen LogP contribution in [0.25, 0.3) is 0 Å². The maximum atomic E-state index is 12.9. The van der Waals surface area contributed by atoms with Crippen LogP contribution in [0.2, 0.25) is 0 Å². The molecule has 15 saturated carbocycles. The molecule has 0 saturated heterocycles. The zero-order chi connectivity index (χ0) is 70.1. The highest BCUT2D eigenvalue weighted by atomic mass is 16.6. The molecule has 0 heterocycles. The molecule has 15 aliphatic carbocycles. The minimum Gasteiger partial charge on any atom is -0.465 e. The summed E-state index contributed by atoms with van der Waals surface area (Å²) < 4.78 is 45.5. The Morgan fingerprint density at radius 3 is 0.991 bits per heavy atom. The van der Waals surface area contributed by atoms with Gasteiger partial charge in [-0.1, -0.05) is 131 Å². The van der Waals surface area contributed by atoms with Crippen molar-refractivity contribution in [1.82, 2.24) is 0 Å². The minimum atomic E-state index is -0.550. The Balaban J connectivity index is -0.000000644. The van der Waals surface area contributed by atoms with Crippen LogP contribution in [0.15, 0.2) is 0 Å². The van der Waals surface area contributed by atoms with E-state index >= 15 is 0 Å². The van der Waals surface area contributed by atoms with E-state index in [9.17, 15) is 38.4 Å². The molecule has 4 unspecified atom stereocenters. The first-order valence-electron chi connectivity index (χ1n) is 38.7. The average Bonchev–Trinajstić information content (AvgIpc) is 0.799. The summed E-state index contributed by atoms with van der Waals surface area (Å²) in [7, 11) is 0. The van der Waals surface area contributed by atoms with Gasteiger partial charge in [0, 0.05) is 5.92 Å². The number of carbonyl (C=O) groups excluding carboxylic acids is 8. The summed E-state index contributed by atoms with van der Waals surface area (Å²) in [6.45, 7) is 30.9. The van der Waals surface area contributed by atoms with Gasteiger partial charge in [0.25, 0.3) is 0 Å². The van der Waals surface area contributed by atoms with E-state index in [2.05, 4.69) is 27.7 Å². The molecule has 0 amide bonds. The fourth-order valence-corrected chi connectivity index (χ4v) is 20.6. The van der Waals surface area contributed by atoms with Gasteiger partial charge in [-0.2, -0.15) is 0 Å². The fraction of sp³-hybridized carbons (Fsp3) is 0.913. The number of hydrogen-bond acceptors (Lipinski definition) is 16. The predicted octanol–water partition coefficient (Wildman–Crippen LogP) is 24.2. The summed E-state index contributed by atoms with van der Waals surface area (Å²) in [6.07, 6.45) is 30.5. The molecule has 4 atom stereocenters. The molecule has 0 aromatic heterocycles. The highest BCUT2D eigenvalue weighted by molar-refractivity contribution is 5.81. The van der Waals surface area contributed by atoms with Gasteiger partial charge < -0.3 is 37.9 Å². The van der Waals surface area contributed by atoms with Gasteiger partial charge in [0.05, 0.1) is 34.0 Å². The van der Waals surface area contributed by atoms with Gasteiger partial charge in [0.15, 0.2) is 13.2 Å². The highest BCUT2D eigenvalue weighted by Crippen LogP contribution is 2.63. The molecular formula is C92H176O16. The van der Waals surface area contributed by atoms with Crippen molar-refractivity contribution in [3.8, 4) is 0 Å². The van der Waals surface area contributed by atoms with Gasteiger partial charge in [-0.15, -0.1) is 0 Å². The van der Waals surface area contributed by atoms with Crippen LogP contribution in [0, 0.1) is 110 Å². The van der Waals surface area contributed by atoms with Gasteiger partial charge in [0.2, 0.25) is 0 Å². The average molecular weight is 1540 g/mol. The number of fused-ring (bicyclic) bond motifs is 2. The van der Waals surface area contributed by atoms with E-state index in [1.807, 2.05) is 83.1 Å². The van der Waals surface area contributed by atoms with Crippen molar-refractivity contribution in [2.24, 2.45) is 110 Å². The largest absolute Gasteiger partial charge is 0.465 e. The molecule has 0 radical (unpaired) electrons. The van der Waals surface area contributed by atoms with Crippen molar-refractivity contribution in [2.45, 2.75) is 415 Å². The lowest BCUT2D eigenvalue weighted by Crippen LogP contribution is -2.59. The lowest BCUT2D eigenvalue weighted by molar-refractivity contribution is -0.214. The van der Waals surface area contributed by atoms with Gasteiger partial charge >= 0.3 is 47.8 Å². The third-order valence-corrected chi connectivity index (χ3v) is 28.3. The monoisotopic (exact) mass is 1540 g/mol. The Morgan fingerprint density at radius 2 is 0.657 bits per heavy atom. The Labute approximate surface area is 665 Å². The molecule has 0 aliphatic heterocycles. The van der Waals surface area contributed by atoms with Gasteiger partial charge in [-0.25, -0.2) is 9.59 Å². The first-order chi connectivity index (χ1) is 45.1. The van der Waals surface area contributed by atoms with E-state index in [1.165, 1.54) is 96.3 Å². The lowest BCUT2D eigenvalue weighted by atomic mass is 9.49. The maximum absolute atomic E-state index is 12.9. The quantitative estimate of drug-likeness (QED) is 0.0688. The molecule has 0 spiro atoms. The second-order valence-electron chi connectivity index (χ2n) is 36.0. The maximum Gasteiger partial charge on any atom is 0.344 e. The van der Waals surface area contributed by atoms with Crippen LogP contribution in [-0.2, 0) is 76.3 Å². The van der Waals surface area contributed by atoms with Gasteiger partial charge in [0.1, 0.15) is 35.1 Å². The van der Waals surface area contributed by atoms with Crippen LogP contribution in [0.1, 0.15) is 386 Å². The van der Waals surface area contributed by atoms with E-state index in [0.29, 0.717) is 54.3 Å². The van der Waals surface area contributed by atoms with Crippen molar-refractivity contribution in [3.63, 3.8) is 0 Å². The molecule has 108 heavy (non-hydrogen) atoms. The summed E-state index contributed by atoms with van der Waals surface area (Å²) in [5.74, 6) is 6.69. The molecule has 15 aliphatic rings. The molecule has 14 bridgehead atoms. The topological polar surface area (TPSA) is 210 Å². The summed E-state index contributed by atoms with van der Waals surface area (Å²) in [6, 6.07) is 0. The molecule has 0 aromatic carbocycles. The summed E-state index contributed by atoms with van der Waals surface area (Å²) in [5, 5.41) is 0. The smallest absolute Gasteiger partial charge is 0.344 e. The Bertz CT molecular complexity index is 2680. The zero-order valence-electron chi connectivity index (χ0n) is 62.4. The number of ether oxygens (including phenoxy) is 8. The predicted molar refractivity (Wildman–Crippen MR) is 446 cm³/mol. The van der Waals surface area contributed by atoms with Crippen LogP contribution in [0.3, 0.4) is 0 Å². The van der Waals surface area contributed by atoms with Crippen molar-refractivity contribution < 1.29 is 76.3 Å². The van der Waals surface area contributed by atoms with Crippen molar-refractivity contribution in [3.05, 3.63) is 0 Å². The van der Waals surface area contributed by atoms with Crippen LogP contribution < -0.4 is 0 Å². The molecule has 640 valence electrons. The number of hydrogen-bond donors (Lipinski definition) is 0. The lowest BCUT2D eigenvalue weighted by Gasteiger charge is -2.60. The molecular weight excluding hydrogens is 1360 g/mol. The first kappa shape index (κ1) is 110. The Morgan fingerprint density at radius 1 is 0.343 bits per heavy atom. The van der Waals surface area contributed by atoms with Crippen LogP contribution in [0.5, 0.6) is 0 Å². The molecule has 16 heteroatoms. The zero-order valence-corrected chi connectivity index (χ0v) is 62.4.